The van der Waals surface area contributed by atoms with E-state index in [0.29, 0.717) is 11.4 Å². The highest BCUT2D eigenvalue weighted by atomic mass is 32.2. The van der Waals surface area contributed by atoms with Gasteiger partial charge < -0.3 is 9.84 Å². The van der Waals surface area contributed by atoms with Gasteiger partial charge in [-0.3, -0.25) is 9.10 Å². The van der Waals surface area contributed by atoms with Crippen LogP contribution in [0.5, 0.6) is 5.75 Å². The van der Waals surface area contributed by atoms with Crippen LogP contribution in [-0.2, 0) is 14.8 Å². The first-order valence-corrected chi connectivity index (χ1v) is 10.6. The zero-order chi connectivity index (χ0) is 22.2. The lowest BCUT2D eigenvalue weighted by atomic mass is 10.1. The van der Waals surface area contributed by atoms with Gasteiger partial charge in [0.2, 0.25) is 5.78 Å². The van der Waals surface area contributed by atoms with Crippen molar-refractivity contribution in [2.24, 2.45) is 0 Å². The Morgan fingerprint density at radius 1 is 1.13 bits per heavy atom. The van der Waals surface area contributed by atoms with Crippen molar-refractivity contribution in [2.45, 2.75) is 4.90 Å². The molecule has 31 heavy (non-hydrogen) atoms. The Balaban J connectivity index is 1.62. The van der Waals surface area contributed by atoms with Crippen LogP contribution < -0.4 is 4.74 Å². The number of allylic oxidation sites excluding steroid dienone is 1. The van der Waals surface area contributed by atoms with Gasteiger partial charge in [-0.1, -0.05) is 17.3 Å². The average Bonchev–Trinajstić information content (AvgIpc) is 3.26. The van der Waals surface area contributed by atoms with Crippen molar-refractivity contribution in [3.8, 4) is 11.4 Å². The molecule has 0 spiro atoms. The monoisotopic (exact) mass is 438 g/mol. The number of aliphatic hydroxyl groups excluding tert-OH is 1. The Kier molecular flexibility index (Phi) is 5.07. The van der Waals surface area contributed by atoms with Crippen LogP contribution in [0.4, 0.5) is 0 Å². The highest BCUT2D eigenvalue weighted by Gasteiger charge is 2.36. The Labute approximate surface area is 178 Å². The fourth-order valence-corrected chi connectivity index (χ4v) is 4.56. The zero-order valence-corrected chi connectivity index (χ0v) is 17.4. The Morgan fingerprint density at radius 2 is 1.84 bits per heavy atom. The second-order valence-corrected chi connectivity index (χ2v) is 8.59. The molecule has 0 bridgehead atoms. The molecule has 0 fully saturated rings. The number of aromatic nitrogens is 3. The molecular weight excluding hydrogens is 420 g/mol. The van der Waals surface area contributed by atoms with Crippen LogP contribution in [0.2, 0.25) is 0 Å². The third kappa shape index (κ3) is 3.57. The molecular formula is C21H18N4O5S. The molecule has 1 aliphatic rings. The largest absolute Gasteiger partial charge is 0.505 e. The van der Waals surface area contributed by atoms with Gasteiger partial charge in [0.15, 0.2) is 5.76 Å². The number of likely N-dealkylation sites (N-methyl/N-ethyl adjacent to an activating group) is 1. The highest BCUT2D eigenvalue weighted by molar-refractivity contribution is 7.89. The quantitative estimate of drug-likeness (QED) is 0.609. The molecule has 1 N–H and O–H groups in total. The van der Waals surface area contributed by atoms with Crippen molar-refractivity contribution < 1.29 is 23.1 Å². The third-order valence-electron chi connectivity index (χ3n) is 4.81. The smallest absolute Gasteiger partial charge is 0.265 e. The number of sulfonamides is 1. The first-order valence-electron chi connectivity index (χ1n) is 9.13. The summed E-state index contributed by atoms with van der Waals surface area (Å²) in [5.41, 5.74) is 0.876. The van der Waals surface area contributed by atoms with Crippen LogP contribution in [0.1, 0.15) is 11.3 Å². The van der Waals surface area contributed by atoms with Gasteiger partial charge >= 0.3 is 0 Å². The number of carbonyl (C=O) groups excluding carboxylic acids is 1. The van der Waals surface area contributed by atoms with Crippen molar-refractivity contribution >= 4 is 27.6 Å². The minimum atomic E-state index is -3.95. The molecule has 0 amide bonds. The van der Waals surface area contributed by atoms with E-state index < -0.39 is 21.6 Å². The summed E-state index contributed by atoms with van der Waals surface area (Å²) in [4.78, 5) is 12.7. The van der Waals surface area contributed by atoms with E-state index in [1.807, 2.05) is 0 Å². The van der Waals surface area contributed by atoms with E-state index in [0.717, 1.165) is 16.1 Å². The topological polar surface area (TPSA) is 115 Å². The average molecular weight is 438 g/mol. The van der Waals surface area contributed by atoms with Crippen molar-refractivity contribution in [2.75, 3.05) is 14.2 Å². The van der Waals surface area contributed by atoms with Crippen LogP contribution >= 0.6 is 0 Å². The SMILES string of the molecule is COc1ccc(-n2cc(/C=C/C(=O)C3=C(O)c4ccccc4S(=O)(=O)N3C)nn2)cc1. The van der Waals surface area contributed by atoms with E-state index in [-0.39, 0.29) is 16.2 Å². The molecule has 0 atom stereocenters. The fraction of sp³-hybridized carbons (Fsp3) is 0.0952. The molecule has 0 saturated carbocycles. The molecule has 3 aromatic rings. The molecule has 1 aliphatic heterocycles. The first kappa shape index (κ1) is 20.4. The number of rotatable bonds is 5. The molecule has 2 heterocycles. The van der Waals surface area contributed by atoms with Gasteiger partial charge in [-0.2, -0.15) is 0 Å². The number of fused-ring (bicyclic) bond motifs is 1. The van der Waals surface area contributed by atoms with Crippen LogP contribution in [-0.4, -0.2) is 52.8 Å². The lowest BCUT2D eigenvalue weighted by Crippen LogP contribution is -2.34. The van der Waals surface area contributed by atoms with E-state index in [4.69, 9.17) is 4.74 Å². The maximum Gasteiger partial charge on any atom is 0.265 e. The van der Waals surface area contributed by atoms with Gasteiger partial charge in [-0.05, 0) is 48.6 Å². The number of ketones is 1. The Hall–Kier alpha value is -3.92. The second-order valence-electron chi connectivity index (χ2n) is 6.65. The minimum absolute atomic E-state index is 0.0574. The number of aliphatic hydroxyl groups is 1. The van der Waals surface area contributed by atoms with Crippen LogP contribution in [0, 0.1) is 0 Å². The number of nitrogens with zero attached hydrogens (tertiary/aromatic N) is 4. The summed E-state index contributed by atoms with van der Waals surface area (Å²) in [5.74, 6) is -0.377. The summed E-state index contributed by atoms with van der Waals surface area (Å²) in [6.07, 6.45) is 4.15. The van der Waals surface area contributed by atoms with Crippen LogP contribution in [0.25, 0.3) is 17.5 Å². The molecule has 10 heteroatoms. The maximum atomic E-state index is 12.8. The number of hydrogen-bond acceptors (Lipinski definition) is 7. The number of benzene rings is 2. The maximum absolute atomic E-state index is 12.8. The second kappa shape index (κ2) is 7.73. The van der Waals surface area contributed by atoms with E-state index in [9.17, 15) is 18.3 Å². The van der Waals surface area contributed by atoms with E-state index in [1.165, 1.54) is 29.9 Å². The molecule has 0 saturated heterocycles. The zero-order valence-electron chi connectivity index (χ0n) is 16.6. The molecule has 9 nitrogen and oxygen atoms in total. The van der Waals surface area contributed by atoms with Gasteiger partial charge in [0, 0.05) is 12.6 Å². The van der Waals surface area contributed by atoms with E-state index >= 15 is 0 Å². The number of hydrogen-bond donors (Lipinski definition) is 1. The molecule has 4 rings (SSSR count). The molecule has 0 aliphatic carbocycles. The Morgan fingerprint density at radius 3 is 2.55 bits per heavy atom. The minimum Gasteiger partial charge on any atom is -0.505 e. The lowest BCUT2D eigenvalue weighted by Gasteiger charge is -2.27. The normalized spacial score (nSPS) is 15.2. The highest BCUT2D eigenvalue weighted by Crippen LogP contribution is 2.34. The van der Waals surface area contributed by atoms with Crippen LogP contribution in [0.15, 0.2) is 71.4 Å². The number of ether oxygens (including phenoxy) is 1. The van der Waals surface area contributed by atoms with Crippen molar-refractivity contribution in [3.63, 3.8) is 0 Å². The predicted molar refractivity (Wildman–Crippen MR) is 113 cm³/mol. The van der Waals surface area contributed by atoms with Gasteiger partial charge in [-0.15, -0.1) is 5.10 Å². The van der Waals surface area contributed by atoms with Gasteiger partial charge in [0.05, 0.1) is 23.9 Å². The van der Waals surface area contributed by atoms with Crippen molar-refractivity contribution in [3.05, 3.63) is 77.8 Å². The summed E-state index contributed by atoms with van der Waals surface area (Å²) in [7, 11) is -1.15. The summed E-state index contributed by atoms with van der Waals surface area (Å²) >= 11 is 0. The van der Waals surface area contributed by atoms with E-state index in [2.05, 4.69) is 10.3 Å². The van der Waals surface area contributed by atoms with Crippen LogP contribution in [0.3, 0.4) is 0 Å². The third-order valence-corrected chi connectivity index (χ3v) is 6.62. The molecule has 0 unspecified atom stereocenters. The summed E-state index contributed by atoms with van der Waals surface area (Å²) in [6, 6.07) is 13.1. The predicted octanol–water partition coefficient (Wildman–Crippen LogP) is 2.42. The van der Waals surface area contributed by atoms with Gasteiger partial charge in [0.25, 0.3) is 10.0 Å². The first-order chi connectivity index (χ1) is 14.8. The summed E-state index contributed by atoms with van der Waals surface area (Å²) in [5, 5.41) is 18.6. The van der Waals surface area contributed by atoms with Gasteiger partial charge in [-0.25, -0.2) is 13.1 Å². The fourth-order valence-electron chi connectivity index (χ4n) is 3.16. The molecule has 158 valence electrons. The van der Waals surface area contributed by atoms with Gasteiger partial charge in [0.1, 0.15) is 17.1 Å². The van der Waals surface area contributed by atoms with E-state index in [1.54, 1.807) is 49.7 Å². The molecule has 1 aromatic heterocycles. The number of carbonyl (C=O) groups is 1. The Bertz CT molecular complexity index is 1320. The van der Waals surface area contributed by atoms with Crippen molar-refractivity contribution in [1.82, 2.24) is 19.3 Å². The summed E-state index contributed by atoms with van der Waals surface area (Å²) < 4.78 is 32.9. The molecule has 0 radical (unpaired) electrons. The summed E-state index contributed by atoms with van der Waals surface area (Å²) in [6.45, 7) is 0. The number of methoxy groups -OCH3 is 1. The van der Waals surface area contributed by atoms with Crippen molar-refractivity contribution in [1.29, 1.82) is 0 Å². The lowest BCUT2D eigenvalue weighted by molar-refractivity contribution is -0.112. The standard InChI is InChI=1S/C21H18N4O5S/c1-24-20(21(27)17-5-3-4-6-19(17)31(24,28)29)18(26)12-7-14-13-25(23-22-14)15-8-10-16(30-2)11-9-15/h3-13,27H,1-2H3/b12-7+. The molecule has 2 aromatic carbocycles.